The highest BCUT2D eigenvalue weighted by atomic mass is 16.6. The summed E-state index contributed by atoms with van der Waals surface area (Å²) in [5.74, 6) is 0.592. The lowest BCUT2D eigenvalue weighted by Crippen LogP contribution is -2.41. The van der Waals surface area contributed by atoms with E-state index in [2.05, 4.69) is 5.32 Å². The zero-order valence-electron chi connectivity index (χ0n) is 11.6. The van der Waals surface area contributed by atoms with Crippen molar-refractivity contribution < 1.29 is 14.3 Å². The lowest BCUT2D eigenvalue weighted by Gasteiger charge is -2.37. The predicted molar refractivity (Wildman–Crippen MR) is 73.8 cm³/mol. The van der Waals surface area contributed by atoms with Crippen LogP contribution in [0, 0.1) is 5.41 Å². The van der Waals surface area contributed by atoms with Crippen molar-refractivity contribution >= 4 is 11.9 Å². The Bertz CT molecular complexity index is 601. The number of hydrogen-bond acceptors (Lipinski definition) is 3. The number of ketones is 1. The summed E-state index contributed by atoms with van der Waals surface area (Å²) < 4.78 is 5.26. The molecule has 4 heteroatoms. The molecule has 1 aliphatic carbocycles. The zero-order valence-corrected chi connectivity index (χ0v) is 11.6. The molecule has 1 unspecified atom stereocenters. The first kappa shape index (κ1) is 12.9. The van der Waals surface area contributed by atoms with Crippen molar-refractivity contribution in [3.05, 3.63) is 47.2 Å². The van der Waals surface area contributed by atoms with Crippen LogP contribution in [0.3, 0.4) is 0 Å². The van der Waals surface area contributed by atoms with Crippen LogP contribution in [0.25, 0.3) is 0 Å². The maximum atomic E-state index is 12.4. The molecule has 1 atom stereocenters. The van der Waals surface area contributed by atoms with E-state index in [1.165, 1.54) is 0 Å². The highest BCUT2D eigenvalue weighted by Gasteiger charge is 2.41. The number of rotatable bonds is 1. The van der Waals surface area contributed by atoms with Gasteiger partial charge in [0.1, 0.15) is 5.76 Å². The zero-order chi connectivity index (χ0) is 14.3. The second-order valence-electron chi connectivity index (χ2n) is 6.16. The van der Waals surface area contributed by atoms with Crippen LogP contribution in [0.2, 0.25) is 0 Å². The van der Waals surface area contributed by atoms with E-state index in [1.807, 2.05) is 44.2 Å². The molecule has 1 aliphatic heterocycles. The quantitative estimate of drug-likeness (QED) is 0.853. The number of alkyl carbamates (subject to hydrolysis) is 1. The Hall–Kier alpha value is -2.10. The average Bonchev–Trinajstić information content (AvgIpc) is 2.36. The van der Waals surface area contributed by atoms with Crippen LogP contribution in [-0.4, -0.2) is 11.9 Å². The molecule has 0 aromatic heterocycles. The Kier molecular flexibility index (Phi) is 2.89. The summed E-state index contributed by atoms with van der Waals surface area (Å²) >= 11 is 0. The van der Waals surface area contributed by atoms with E-state index < -0.39 is 12.1 Å². The fraction of sp³-hybridized carbons (Fsp3) is 0.375. The van der Waals surface area contributed by atoms with Gasteiger partial charge in [-0.25, -0.2) is 4.79 Å². The first-order valence-corrected chi connectivity index (χ1v) is 6.76. The molecule has 104 valence electrons. The first-order valence-electron chi connectivity index (χ1n) is 6.76. The molecule has 0 saturated carbocycles. The molecule has 0 fully saturated rings. The molecule has 1 amide bonds. The van der Waals surface area contributed by atoms with Gasteiger partial charge in [0.25, 0.3) is 0 Å². The molecular weight excluding hydrogens is 254 g/mol. The molecule has 4 nitrogen and oxygen atoms in total. The van der Waals surface area contributed by atoms with Crippen LogP contribution in [0.4, 0.5) is 4.79 Å². The van der Waals surface area contributed by atoms with Gasteiger partial charge < -0.3 is 10.1 Å². The molecule has 1 heterocycles. The fourth-order valence-corrected chi connectivity index (χ4v) is 2.92. The van der Waals surface area contributed by atoms with Gasteiger partial charge in [0.15, 0.2) is 5.78 Å². The largest absolute Gasteiger partial charge is 0.414 e. The van der Waals surface area contributed by atoms with Crippen molar-refractivity contribution in [1.29, 1.82) is 0 Å². The van der Waals surface area contributed by atoms with Crippen LogP contribution >= 0.6 is 0 Å². The summed E-state index contributed by atoms with van der Waals surface area (Å²) in [4.78, 5) is 24.2. The van der Waals surface area contributed by atoms with E-state index in [9.17, 15) is 9.59 Å². The molecule has 1 aromatic rings. The maximum absolute atomic E-state index is 12.4. The van der Waals surface area contributed by atoms with Crippen molar-refractivity contribution in [3.63, 3.8) is 0 Å². The Morgan fingerprint density at radius 1 is 1.15 bits per heavy atom. The SMILES string of the molecule is CC1(C)CC(=O)C2=C(C1)OC(=O)NC2c1ccccc1. The second kappa shape index (κ2) is 4.47. The number of amides is 1. The normalized spacial score (nSPS) is 24.8. The maximum Gasteiger partial charge on any atom is 0.413 e. The minimum atomic E-state index is -0.483. The van der Waals surface area contributed by atoms with Gasteiger partial charge >= 0.3 is 6.09 Å². The van der Waals surface area contributed by atoms with Crippen molar-refractivity contribution in [3.8, 4) is 0 Å². The van der Waals surface area contributed by atoms with Gasteiger partial charge in [0.2, 0.25) is 0 Å². The molecular formula is C16H17NO3. The third kappa shape index (κ3) is 2.22. The number of Topliss-reactive ketones (excluding diaryl/α,β-unsaturated/α-hetero) is 1. The molecule has 0 bridgehead atoms. The molecule has 1 N–H and O–H groups in total. The number of hydrogen-bond donors (Lipinski definition) is 1. The minimum absolute atomic E-state index is 0.0603. The summed E-state index contributed by atoms with van der Waals surface area (Å²) in [6, 6.07) is 9.13. The lowest BCUT2D eigenvalue weighted by molar-refractivity contribution is -0.119. The Balaban J connectivity index is 2.07. The van der Waals surface area contributed by atoms with Gasteiger partial charge in [-0.05, 0) is 11.0 Å². The summed E-state index contributed by atoms with van der Waals surface area (Å²) in [6.07, 6.45) is 0.613. The standard InChI is InChI=1S/C16H17NO3/c1-16(2)8-11(18)13-12(9-16)20-15(19)17-14(13)10-6-4-3-5-7-10/h3-7,14H,8-9H2,1-2H3,(H,17,19). The number of allylic oxidation sites excluding steroid dienone is 1. The minimum Gasteiger partial charge on any atom is -0.414 e. The summed E-state index contributed by atoms with van der Waals surface area (Å²) in [5, 5.41) is 2.75. The molecule has 0 radical (unpaired) electrons. The highest BCUT2D eigenvalue weighted by Crippen LogP contribution is 2.42. The van der Waals surface area contributed by atoms with Gasteiger partial charge in [-0.3, -0.25) is 4.79 Å². The molecule has 0 saturated heterocycles. The second-order valence-corrected chi connectivity index (χ2v) is 6.16. The van der Waals surface area contributed by atoms with E-state index in [0.29, 0.717) is 24.2 Å². The topological polar surface area (TPSA) is 55.4 Å². The Morgan fingerprint density at radius 2 is 1.85 bits per heavy atom. The van der Waals surface area contributed by atoms with E-state index in [1.54, 1.807) is 0 Å². The average molecular weight is 271 g/mol. The smallest absolute Gasteiger partial charge is 0.413 e. The third-order valence-electron chi connectivity index (χ3n) is 3.78. The lowest BCUT2D eigenvalue weighted by atomic mass is 9.74. The summed E-state index contributed by atoms with van der Waals surface area (Å²) in [6.45, 7) is 4.03. The predicted octanol–water partition coefficient (Wildman–Crippen LogP) is 3.11. The fourth-order valence-electron chi connectivity index (χ4n) is 2.92. The Labute approximate surface area is 117 Å². The summed E-state index contributed by atoms with van der Waals surface area (Å²) in [7, 11) is 0. The van der Waals surface area contributed by atoms with Crippen molar-refractivity contribution in [2.24, 2.45) is 5.41 Å². The van der Waals surface area contributed by atoms with Crippen LogP contribution in [0.1, 0.15) is 38.3 Å². The molecule has 0 spiro atoms. The molecule has 2 aliphatic rings. The number of carbonyl (C=O) groups excluding carboxylic acids is 2. The summed E-state index contributed by atoms with van der Waals surface area (Å²) in [5.41, 5.74) is 1.36. The van der Waals surface area contributed by atoms with Crippen LogP contribution in [0.5, 0.6) is 0 Å². The number of nitrogens with one attached hydrogen (secondary N) is 1. The van der Waals surface area contributed by atoms with Crippen LogP contribution in [-0.2, 0) is 9.53 Å². The monoisotopic (exact) mass is 271 g/mol. The van der Waals surface area contributed by atoms with Crippen molar-refractivity contribution in [1.82, 2.24) is 5.32 Å². The number of benzene rings is 1. The number of carbonyl (C=O) groups is 2. The molecule has 1 aromatic carbocycles. The van der Waals surface area contributed by atoms with E-state index >= 15 is 0 Å². The highest BCUT2D eigenvalue weighted by molar-refractivity contribution is 6.00. The van der Waals surface area contributed by atoms with Crippen LogP contribution in [0.15, 0.2) is 41.7 Å². The van der Waals surface area contributed by atoms with E-state index in [-0.39, 0.29) is 11.2 Å². The van der Waals surface area contributed by atoms with Gasteiger partial charge in [-0.15, -0.1) is 0 Å². The van der Waals surface area contributed by atoms with Crippen molar-refractivity contribution in [2.75, 3.05) is 0 Å². The van der Waals surface area contributed by atoms with E-state index in [0.717, 1.165) is 5.56 Å². The molecule has 3 rings (SSSR count). The first-order chi connectivity index (χ1) is 9.46. The van der Waals surface area contributed by atoms with E-state index in [4.69, 9.17) is 4.74 Å². The number of ether oxygens (including phenoxy) is 1. The van der Waals surface area contributed by atoms with Crippen LogP contribution < -0.4 is 5.32 Å². The molecule has 20 heavy (non-hydrogen) atoms. The van der Waals surface area contributed by atoms with Gasteiger partial charge in [0.05, 0.1) is 11.6 Å². The Morgan fingerprint density at radius 3 is 2.55 bits per heavy atom. The van der Waals surface area contributed by atoms with Gasteiger partial charge in [-0.2, -0.15) is 0 Å². The third-order valence-corrected chi connectivity index (χ3v) is 3.78. The van der Waals surface area contributed by atoms with Gasteiger partial charge in [-0.1, -0.05) is 44.2 Å². The van der Waals surface area contributed by atoms with Crippen molar-refractivity contribution in [2.45, 2.75) is 32.7 Å². The van der Waals surface area contributed by atoms with Gasteiger partial charge in [0, 0.05) is 12.8 Å².